The standard InChI is InChI=1S/C27H24Cl2FN5O3/c28-17-4-5-18(19(30)15-17)25-26-20(31-23-3-1-2-9-34(23)26)8-10-35(25)24(36)16-38-21-6-7-22(32-27(21)29)33-11-13-37-14-12-33/h1-7,9,15,25H,8,10-14,16H2. The molecular weight excluding hydrogens is 532 g/mol. The number of halogens is 3. The molecule has 1 fully saturated rings. The third kappa shape index (κ3) is 4.66. The van der Waals surface area contributed by atoms with Crippen LogP contribution in [0.4, 0.5) is 10.2 Å². The number of pyridine rings is 2. The number of carbonyl (C=O) groups excluding carboxylic acids is 1. The Morgan fingerprint density at radius 2 is 1.92 bits per heavy atom. The Morgan fingerprint density at radius 3 is 2.71 bits per heavy atom. The molecule has 1 amide bonds. The molecule has 4 aromatic rings. The fourth-order valence-corrected chi connectivity index (χ4v) is 5.42. The van der Waals surface area contributed by atoms with Crippen LogP contribution in [-0.4, -0.2) is 64.6 Å². The van der Waals surface area contributed by atoms with Crippen LogP contribution in [0.1, 0.15) is 23.0 Å². The second kappa shape index (κ2) is 10.4. The summed E-state index contributed by atoms with van der Waals surface area (Å²) >= 11 is 12.4. The van der Waals surface area contributed by atoms with E-state index in [4.69, 9.17) is 37.7 Å². The lowest BCUT2D eigenvalue weighted by Crippen LogP contribution is -2.43. The van der Waals surface area contributed by atoms with Gasteiger partial charge in [0.2, 0.25) is 0 Å². The summed E-state index contributed by atoms with van der Waals surface area (Å²) in [6.45, 7) is 2.79. The third-order valence-corrected chi connectivity index (χ3v) is 7.37. The number of hydrogen-bond donors (Lipinski definition) is 0. The summed E-state index contributed by atoms with van der Waals surface area (Å²) in [6.07, 6.45) is 2.40. The van der Waals surface area contributed by atoms with Crippen molar-refractivity contribution >= 4 is 40.6 Å². The number of benzene rings is 1. The van der Waals surface area contributed by atoms with Gasteiger partial charge in [-0.3, -0.25) is 4.79 Å². The number of imidazole rings is 1. The molecule has 196 valence electrons. The van der Waals surface area contributed by atoms with Gasteiger partial charge in [-0.05, 0) is 36.4 Å². The molecule has 1 atom stereocenters. The predicted octanol–water partition coefficient (Wildman–Crippen LogP) is 4.56. The monoisotopic (exact) mass is 555 g/mol. The van der Waals surface area contributed by atoms with E-state index in [0.29, 0.717) is 37.5 Å². The molecule has 0 spiro atoms. The average molecular weight is 556 g/mol. The second-order valence-electron chi connectivity index (χ2n) is 9.12. The minimum Gasteiger partial charge on any atom is -0.481 e. The van der Waals surface area contributed by atoms with Crippen LogP contribution in [0.25, 0.3) is 5.65 Å². The van der Waals surface area contributed by atoms with E-state index in [-0.39, 0.29) is 22.7 Å². The summed E-state index contributed by atoms with van der Waals surface area (Å²) in [5, 5.41) is 0.453. The molecule has 2 aliphatic heterocycles. The van der Waals surface area contributed by atoms with E-state index in [9.17, 15) is 4.79 Å². The van der Waals surface area contributed by atoms with Crippen LogP contribution in [0.3, 0.4) is 0 Å². The Labute approximate surface area is 228 Å². The quantitative estimate of drug-likeness (QED) is 0.336. The van der Waals surface area contributed by atoms with Gasteiger partial charge in [0, 0.05) is 42.8 Å². The van der Waals surface area contributed by atoms with Crippen molar-refractivity contribution in [2.45, 2.75) is 12.5 Å². The number of rotatable bonds is 5. The highest BCUT2D eigenvalue weighted by molar-refractivity contribution is 6.31. The maximum atomic E-state index is 15.2. The van der Waals surface area contributed by atoms with Crippen LogP contribution in [0.5, 0.6) is 5.75 Å². The van der Waals surface area contributed by atoms with Gasteiger partial charge in [0.15, 0.2) is 17.5 Å². The van der Waals surface area contributed by atoms with Crippen LogP contribution in [0.15, 0.2) is 54.7 Å². The predicted molar refractivity (Wildman–Crippen MR) is 142 cm³/mol. The van der Waals surface area contributed by atoms with Gasteiger partial charge in [-0.2, -0.15) is 0 Å². The summed E-state index contributed by atoms with van der Waals surface area (Å²) in [5.41, 5.74) is 2.65. The molecular formula is C27H24Cl2FN5O3. The van der Waals surface area contributed by atoms with Gasteiger partial charge in [0.1, 0.15) is 23.3 Å². The fraction of sp³-hybridized carbons (Fsp3) is 0.296. The number of fused-ring (bicyclic) bond motifs is 3. The van der Waals surface area contributed by atoms with Crippen molar-refractivity contribution in [2.24, 2.45) is 0 Å². The van der Waals surface area contributed by atoms with Crippen molar-refractivity contribution < 1.29 is 18.7 Å². The van der Waals surface area contributed by atoms with Gasteiger partial charge in [0.05, 0.1) is 24.6 Å². The maximum Gasteiger partial charge on any atom is 0.261 e. The molecule has 0 bridgehead atoms. The van der Waals surface area contributed by atoms with Crippen LogP contribution < -0.4 is 9.64 Å². The normalized spacial score (nSPS) is 17.5. The molecule has 1 unspecified atom stereocenters. The third-order valence-electron chi connectivity index (χ3n) is 6.87. The molecule has 3 aromatic heterocycles. The Balaban J connectivity index is 1.28. The summed E-state index contributed by atoms with van der Waals surface area (Å²) in [7, 11) is 0. The van der Waals surface area contributed by atoms with E-state index in [0.717, 1.165) is 35.9 Å². The minimum absolute atomic E-state index is 0.171. The molecule has 6 rings (SSSR count). The molecule has 11 heteroatoms. The summed E-state index contributed by atoms with van der Waals surface area (Å²) in [4.78, 5) is 26.4. The Hall–Kier alpha value is -3.40. The van der Waals surface area contributed by atoms with Crippen molar-refractivity contribution in [1.29, 1.82) is 0 Å². The number of ether oxygens (including phenoxy) is 2. The molecule has 0 radical (unpaired) electrons. The molecule has 1 saturated heterocycles. The molecule has 2 aliphatic rings. The fourth-order valence-electron chi connectivity index (χ4n) is 5.06. The average Bonchev–Trinajstić information content (AvgIpc) is 3.31. The van der Waals surface area contributed by atoms with E-state index in [1.54, 1.807) is 23.1 Å². The van der Waals surface area contributed by atoms with Gasteiger partial charge in [-0.25, -0.2) is 14.4 Å². The first-order valence-corrected chi connectivity index (χ1v) is 13.1. The lowest BCUT2D eigenvalue weighted by molar-refractivity contribution is -0.135. The first-order chi connectivity index (χ1) is 18.5. The summed E-state index contributed by atoms with van der Waals surface area (Å²) in [5.74, 6) is 0.227. The first-order valence-electron chi connectivity index (χ1n) is 12.3. The van der Waals surface area contributed by atoms with Crippen LogP contribution in [-0.2, 0) is 16.0 Å². The molecule has 0 aliphatic carbocycles. The van der Waals surface area contributed by atoms with Gasteiger partial charge in [-0.1, -0.05) is 35.3 Å². The van der Waals surface area contributed by atoms with Crippen LogP contribution in [0.2, 0.25) is 10.2 Å². The van der Waals surface area contributed by atoms with Crippen LogP contribution in [0, 0.1) is 5.82 Å². The van der Waals surface area contributed by atoms with Gasteiger partial charge in [-0.15, -0.1) is 0 Å². The lowest BCUT2D eigenvalue weighted by Gasteiger charge is -2.36. The number of hydrogen-bond acceptors (Lipinski definition) is 6. The first kappa shape index (κ1) is 24.9. The largest absolute Gasteiger partial charge is 0.481 e. The zero-order valence-corrected chi connectivity index (χ0v) is 21.8. The molecule has 1 aromatic carbocycles. The van der Waals surface area contributed by atoms with Gasteiger partial charge >= 0.3 is 0 Å². The van der Waals surface area contributed by atoms with Crippen molar-refractivity contribution in [3.63, 3.8) is 0 Å². The van der Waals surface area contributed by atoms with Crippen LogP contribution >= 0.6 is 23.2 Å². The Morgan fingerprint density at radius 1 is 1.08 bits per heavy atom. The van der Waals surface area contributed by atoms with E-state index >= 15 is 4.39 Å². The Bertz CT molecular complexity index is 1510. The number of anilines is 1. The molecule has 5 heterocycles. The minimum atomic E-state index is -0.707. The topological polar surface area (TPSA) is 72.2 Å². The van der Waals surface area contributed by atoms with Crippen molar-refractivity contribution in [3.05, 3.63) is 87.7 Å². The van der Waals surface area contributed by atoms with E-state index < -0.39 is 11.9 Å². The summed E-state index contributed by atoms with van der Waals surface area (Å²) in [6, 6.07) is 13.0. The number of carbonyl (C=O) groups is 1. The van der Waals surface area contributed by atoms with E-state index in [1.807, 2.05) is 34.9 Å². The van der Waals surface area contributed by atoms with Crippen molar-refractivity contribution in [3.8, 4) is 5.75 Å². The SMILES string of the molecule is O=C(COc1ccc(N2CCOCC2)nc1Cl)N1CCc2nc3ccccn3c2C1c1ccc(Cl)cc1F. The Kier molecular flexibility index (Phi) is 6.82. The zero-order valence-electron chi connectivity index (χ0n) is 20.3. The molecule has 38 heavy (non-hydrogen) atoms. The number of amides is 1. The van der Waals surface area contributed by atoms with E-state index in [2.05, 4.69) is 9.88 Å². The molecule has 0 N–H and O–H groups in total. The van der Waals surface area contributed by atoms with Gasteiger partial charge < -0.3 is 23.7 Å². The number of nitrogens with zero attached hydrogens (tertiary/aromatic N) is 5. The van der Waals surface area contributed by atoms with Crippen molar-refractivity contribution in [1.82, 2.24) is 19.3 Å². The smallest absolute Gasteiger partial charge is 0.261 e. The van der Waals surface area contributed by atoms with E-state index in [1.165, 1.54) is 6.07 Å². The number of morpholine rings is 1. The molecule has 0 saturated carbocycles. The highest BCUT2D eigenvalue weighted by Gasteiger charge is 2.37. The molecule has 8 nitrogen and oxygen atoms in total. The number of aromatic nitrogens is 3. The lowest BCUT2D eigenvalue weighted by atomic mass is 9.95. The summed E-state index contributed by atoms with van der Waals surface area (Å²) < 4.78 is 28.4. The highest BCUT2D eigenvalue weighted by atomic mass is 35.5. The van der Waals surface area contributed by atoms with Gasteiger partial charge in [0.25, 0.3) is 5.91 Å². The zero-order chi connectivity index (χ0) is 26.2. The maximum absolute atomic E-state index is 15.2. The second-order valence-corrected chi connectivity index (χ2v) is 9.92. The van der Waals surface area contributed by atoms with Crippen molar-refractivity contribution in [2.75, 3.05) is 44.4 Å². The highest BCUT2D eigenvalue weighted by Crippen LogP contribution is 2.37.